The molecule has 1 aliphatic rings. The van der Waals surface area contributed by atoms with Crippen molar-refractivity contribution in [2.75, 3.05) is 31.7 Å². The molecule has 0 spiro atoms. The Morgan fingerprint density at radius 2 is 2.05 bits per heavy atom. The minimum Gasteiger partial charge on any atom is -0.383 e. The molecular formula is C16H26N2O2. The second kappa shape index (κ2) is 7.48. The van der Waals surface area contributed by atoms with E-state index in [9.17, 15) is 4.79 Å². The van der Waals surface area contributed by atoms with E-state index >= 15 is 0 Å². The van der Waals surface area contributed by atoms with Gasteiger partial charge in [0.15, 0.2) is 0 Å². The molecule has 0 bridgehead atoms. The number of anilines is 1. The molecule has 0 aliphatic heterocycles. The third kappa shape index (κ3) is 3.85. The first-order valence-corrected chi connectivity index (χ1v) is 7.62. The molecule has 0 aromatic carbocycles. The molecule has 0 unspecified atom stereocenters. The summed E-state index contributed by atoms with van der Waals surface area (Å²) in [4.78, 5) is 14.1. The van der Waals surface area contributed by atoms with Gasteiger partial charge < -0.3 is 9.64 Å². The monoisotopic (exact) mass is 278 g/mol. The molecule has 112 valence electrons. The van der Waals surface area contributed by atoms with Gasteiger partial charge in [-0.1, -0.05) is 25.3 Å². The lowest BCUT2D eigenvalue weighted by Gasteiger charge is -2.32. The topological polar surface area (TPSA) is 34.5 Å². The Labute approximate surface area is 121 Å². The van der Waals surface area contributed by atoms with E-state index in [1.54, 1.807) is 17.7 Å². The molecule has 0 N–H and O–H groups in total. The average molecular weight is 278 g/mol. The first-order valence-electron chi connectivity index (χ1n) is 7.62. The molecule has 1 fully saturated rings. The molecule has 4 heteroatoms. The number of nitrogens with zero attached hydrogens (tertiary/aromatic N) is 2. The van der Waals surface area contributed by atoms with Crippen LogP contribution in [0.5, 0.6) is 0 Å². The van der Waals surface area contributed by atoms with Crippen LogP contribution in [0.25, 0.3) is 0 Å². The summed E-state index contributed by atoms with van der Waals surface area (Å²) >= 11 is 0. The van der Waals surface area contributed by atoms with Crippen molar-refractivity contribution in [3.05, 3.63) is 28.6 Å². The van der Waals surface area contributed by atoms with E-state index in [2.05, 4.69) is 4.90 Å². The average Bonchev–Trinajstić information content (AvgIpc) is 2.48. The molecule has 1 heterocycles. The number of hydrogen-bond donors (Lipinski definition) is 0. The first-order chi connectivity index (χ1) is 9.72. The highest BCUT2D eigenvalue weighted by molar-refractivity contribution is 5.39. The van der Waals surface area contributed by atoms with Crippen molar-refractivity contribution in [2.24, 2.45) is 13.0 Å². The number of ether oxygens (including phenoxy) is 1. The minimum absolute atomic E-state index is 0.0496. The van der Waals surface area contributed by atoms with Crippen LogP contribution in [0.3, 0.4) is 0 Å². The van der Waals surface area contributed by atoms with Crippen molar-refractivity contribution in [3.8, 4) is 0 Å². The highest BCUT2D eigenvalue weighted by Crippen LogP contribution is 2.25. The van der Waals surface area contributed by atoms with Crippen molar-refractivity contribution >= 4 is 5.82 Å². The zero-order chi connectivity index (χ0) is 14.4. The molecule has 2 rings (SSSR count). The molecule has 1 saturated carbocycles. The van der Waals surface area contributed by atoms with Crippen LogP contribution in [0.4, 0.5) is 5.82 Å². The van der Waals surface area contributed by atoms with Gasteiger partial charge in [0, 0.05) is 33.3 Å². The number of hydrogen-bond acceptors (Lipinski definition) is 3. The molecule has 0 atom stereocenters. The third-order valence-electron chi connectivity index (χ3n) is 4.25. The van der Waals surface area contributed by atoms with Crippen molar-refractivity contribution in [1.82, 2.24) is 4.57 Å². The van der Waals surface area contributed by atoms with Gasteiger partial charge in [-0.05, 0) is 24.8 Å². The molecule has 20 heavy (non-hydrogen) atoms. The Kier molecular flexibility index (Phi) is 5.65. The van der Waals surface area contributed by atoms with Gasteiger partial charge in [0.1, 0.15) is 5.82 Å². The molecule has 0 saturated heterocycles. The predicted molar refractivity (Wildman–Crippen MR) is 82.3 cm³/mol. The van der Waals surface area contributed by atoms with Gasteiger partial charge in [-0.15, -0.1) is 0 Å². The van der Waals surface area contributed by atoms with E-state index in [-0.39, 0.29) is 5.56 Å². The first kappa shape index (κ1) is 15.1. The third-order valence-corrected chi connectivity index (χ3v) is 4.25. The summed E-state index contributed by atoms with van der Waals surface area (Å²) in [7, 11) is 3.57. The lowest BCUT2D eigenvalue weighted by atomic mass is 9.89. The standard InChI is InChI=1S/C16H26N2O2/c1-17-15(9-6-10-16(17)19)18(11-12-20-2)13-14-7-4-3-5-8-14/h6,9-10,14H,3-5,7-8,11-13H2,1-2H3. The Bertz CT molecular complexity index is 464. The SMILES string of the molecule is COCCN(CC1CCCCC1)c1cccc(=O)n1C. The maximum Gasteiger partial charge on any atom is 0.251 e. The molecular weight excluding hydrogens is 252 g/mol. The van der Waals surface area contributed by atoms with Crippen LogP contribution in [0.2, 0.25) is 0 Å². The Morgan fingerprint density at radius 3 is 2.75 bits per heavy atom. The highest BCUT2D eigenvalue weighted by Gasteiger charge is 2.18. The molecule has 4 nitrogen and oxygen atoms in total. The van der Waals surface area contributed by atoms with E-state index < -0.39 is 0 Å². The van der Waals surface area contributed by atoms with Crippen LogP contribution < -0.4 is 10.5 Å². The lowest BCUT2D eigenvalue weighted by molar-refractivity contribution is 0.202. The van der Waals surface area contributed by atoms with E-state index in [0.29, 0.717) is 6.61 Å². The molecule has 1 aromatic rings. The van der Waals surface area contributed by atoms with Crippen LogP contribution in [0.15, 0.2) is 23.0 Å². The fraction of sp³-hybridized carbons (Fsp3) is 0.688. The van der Waals surface area contributed by atoms with Crippen LogP contribution in [0, 0.1) is 5.92 Å². The van der Waals surface area contributed by atoms with Gasteiger partial charge in [0.2, 0.25) is 0 Å². The predicted octanol–water partition coefficient (Wildman–Crippen LogP) is 2.42. The van der Waals surface area contributed by atoms with Gasteiger partial charge >= 0.3 is 0 Å². The van der Waals surface area contributed by atoms with E-state index in [4.69, 9.17) is 4.74 Å². The van der Waals surface area contributed by atoms with Gasteiger partial charge in [-0.3, -0.25) is 9.36 Å². The summed E-state index contributed by atoms with van der Waals surface area (Å²) in [5, 5.41) is 0. The lowest BCUT2D eigenvalue weighted by Crippen LogP contribution is -2.36. The van der Waals surface area contributed by atoms with Gasteiger partial charge in [0.25, 0.3) is 5.56 Å². The summed E-state index contributed by atoms with van der Waals surface area (Å²) in [5.74, 6) is 1.75. The van der Waals surface area contributed by atoms with Crippen molar-refractivity contribution in [3.63, 3.8) is 0 Å². The van der Waals surface area contributed by atoms with Gasteiger partial charge in [0.05, 0.1) is 6.61 Å². The van der Waals surface area contributed by atoms with Gasteiger partial charge in [-0.25, -0.2) is 0 Å². The summed E-state index contributed by atoms with van der Waals surface area (Å²) in [6, 6.07) is 5.48. The summed E-state index contributed by atoms with van der Waals surface area (Å²) < 4.78 is 6.96. The van der Waals surface area contributed by atoms with Crippen molar-refractivity contribution in [2.45, 2.75) is 32.1 Å². The summed E-state index contributed by atoms with van der Waals surface area (Å²) in [5.41, 5.74) is 0.0496. The summed E-state index contributed by atoms with van der Waals surface area (Å²) in [6.07, 6.45) is 6.68. The maximum absolute atomic E-state index is 11.8. The van der Waals surface area contributed by atoms with Crippen LogP contribution in [0.1, 0.15) is 32.1 Å². The van der Waals surface area contributed by atoms with E-state index in [1.807, 2.05) is 19.2 Å². The fourth-order valence-corrected chi connectivity index (χ4v) is 3.05. The number of pyridine rings is 1. The quantitative estimate of drug-likeness (QED) is 0.801. The smallest absolute Gasteiger partial charge is 0.251 e. The van der Waals surface area contributed by atoms with Crippen molar-refractivity contribution < 1.29 is 4.74 Å². The molecule has 1 aromatic heterocycles. The number of rotatable bonds is 6. The van der Waals surface area contributed by atoms with Crippen LogP contribution >= 0.6 is 0 Å². The minimum atomic E-state index is 0.0496. The zero-order valence-electron chi connectivity index (χ0n) is 12.7. The zero-order valence-corrected chi connectivity index (χ0v) is 12.7. The Morgan fingerprint density at radius 1 is 1.30 bits per heavy atom. The second-order valence-electron chi connectivity index (χ2n) is 5.72. The van der Waals surface area contributed by atoms with E-state index in [0.717, 1.165) is 24.8 Å². The summed E-state index contributed by atoms with van der Waals surface area (Å²) in [6.45, 7) is 2.56. The largest absolute Gasteiger partial charge is 0.383 e. The maximum atomic E-state index is 11.8. The highest BCUT2D eigenvalue weighted by atomic mass is 16.5. The van der Waals surface area contributed by atoms with Crippen molar-refractivity contribution in [1.29, 1.82) is 0 Å². The normalized spacial score (nSPS) is 16.3. The Balaban J connectivity index is 2.13. The van der Waals surface area contributed by atoms with E-state index in [1.165, 1.54) is 32.1 Å². The molecule has 1 aliphatic carbocycles. The fourth-order valence-electron chi connectivity index (χ4n) is 3.05. The number of methoxy groups -OCH3 is 1. The Hall–Kier alpha value is -1.29. The second-order valence-corrected chi connectivity index (χ2v) is 5.72. The molecule has 0 amide bonds. The number of aromatic nitrogens is 1. The van der Waals surface area contributed by atoms with Crippen LogP contribution in [-0.2, 0) is 11.8 Å². The molecule has 0 radical (unpaired) electrons. The van der Waals surface area contributed by atoms with Crippen LogP contribution in [-0.4, -0.2) is 31.4 Å². The van der Waals surface area contributed by atoms with Gasteiger partial charge in [-0.2, -0.15) is 0 Å².